The Balaban J connectivity index is 1.50. The van der Waals surface area contributed by atoms with Crippen molar-refractivity contribution in [2.45, 2.75) is 20.1 Å². The largest absolute Gasteiger partial charge is 0.489 e. The van der Waals surface area contributed by atoms with Crippen molar-refractivity contribution in [3.05, 3.63) is 94.2 Å². The van der Waals surface area contributed by atoms with Gasteiger partial charge in [0.05, 0.1) is 11.4 Å². The Labute approximate surface area is 173 Å². The van der Waals surface area contributed by atoms with E-state index < -0.39 is 0 Å². The lowest BCUT2D eigenvalue weighted by atomic mass is 10.1. The molecule has 8 nitrogen and oxygen atoms in total. The highest BCUT2D eigenvalue weighted by atomic mass is 16.5. The van der Waals surface area contributed by atoms with Gasteiger partial charge in [0, 0.05) is 24.9 Å². The first kappa shape index (κ1) is 19.4. The number of benzene rings is 2. The third-order valence-corrected chi connectivity index (χ3v) is 4.64. The summed E-state index contributed by atoms with van der Waals surface area (Å²) in [6, 6.07) is 18.8. The van der Waals surface area contributed by atoms with Gasteiger partial charge in [-0.3, -0.25) is 4.98 Å². The van der Waals surface area contributed by atoms with Crippen LogP contribution in [0.2, 0.25) is 0 Å². The summed E-state index contributed by atoms with van der Waals surface area (Å²) in [5.74, 6) is 1.35. The lowest BCUT2D eigenvalue weighted by Crippen LogP contribution is -2.23. The summed E-state index contributed by atoms with van der Waals surface area (Å²) < 4.78 is 14.3. The van der Waals surface area contributed by atoms with E-state index in [1.807, 2.05) is 67.6 Å². The second-order valence-corrected chi connectivity index (χ2v) is 6.74. The first-order valence-electron chi connectivity index (χ1n) is 9.45. The van der Waals surface area contributed by atoms with Crippen LogP contribution < -0.4 is 15.2 Å². The Hall–Kier alpha value is -3.94. The van der Waals surface area contributed by atoms with Crippen molar-refractivity contribution < 1.29 is 9.47 Å². The molecule has 4 rings (SSSR count). The zero-order chi connectivity index (χ0) is 20.9. The van der Waals surface area contributed by atoms with Gasteiger partial charge in [-0.25, -0.2) is 4.79 Å². The van der Waals surface area contributed by atoms with Gasteiger partial charge in [-0.05, 0) is 53.2 Å². The highest BCUT2D eigenvalue weighted by molar-refractivity contribution is 5.45. The van der Waals surface area contributed by atoms with Crippen molar-refractivity contribution in [3.8, 4) is 17.2 Å². The molecule has 4 aromatic rings. The summed E-state index contributed by atoms with van der Waals surface area (Å²) in [6.45, 7) is 2.62. The third-order valence-electron chi connectivity index (χ3n) is 4.64. The minimum absolute atomic E-state index is 0.273. The molecule has 0 unspecified atom stereocenters. The van der Waals surface area contributed by atoms with Crippen LogP contribution in [0.4, 0.5) is 0 Å². The van der Waals surface area contributed by atoms with E-state index in [-0.39, 0.29) is 12.3 Å². The van der Waals surface area contributed by atoms with E-state index in [1.165, 1.54) is 9.36 Å². The van der Waals surface area contributed by atoms with Crippen LogP contribution >= 0.6 is 0 Å². The predicted molar refractivity (Wildman–Crippen MR) is 111 cm³/mol. The van der Waals surface area contributed by atoms with E-state index in [1.54, 1.807) is 13.2 Å². The molecule has 0 fully saturated rings. The first-order chi connectivity index (χ1) is 14.6. The quantitative estimate of drug-likeness (QED) is 0.472. The van der Waals surface area contributed by atoms with E-state index in [0.717, 1.165) is 16.8 Å². The molecular formula is C22H21N5O3. The minimum Gasteiger partial charge on any atom is -0.489 e. The number of pyridine rings is 1. The molecule has 30 heavy (non-hydrogen) atoms. The van der Waals surface area contributed by atoms with Crippen molar-refractivity contribution in [1.29, 1.82) is 0 Å². The van der Waals surface area contributed by atoms with E-state index in [2.05, 4.69) is 15.4 Å². The van der Waals surface area contributed by atoms with Gasteiger partial charge in [0.25, 0.3) is 0 Å². The van der Waals surface area contributed by atoms with Crippen molar-refractivity contribution in [2.75, 3.05) is 0 Å². The first-order valence-corrected chi connectivity index (χ1v) is 9.45. The number of nitrogens with zero attached hydrogens (tertiary/aromatic N) is 5. The van der Waals surface area contributed by atoms with Gasteiger partial charge in [0.1, 0.15) is 24.7 Å². The zero-order valence-corrected chi connectivity index (χ0v) is 16.7. The Morgan fingerprint density at radius 3 is 2.37 bits per heavy atom. The Kier molecular flexibility index (Phi) is 5.56. The van der Waals surface area contributed by atoms with Crippen LogP contribution in [-0.4, -0.2) is 24.8 Å². The SMILES string of the molecule is Cc1cccc(-n2nnn(C)c2=O)c1COc1cccc(OCc2ccccn2)c1. The molecule has 8 heteroatoms. The Morgan fingerprint density at radius 2 is 1.67 bits per heavy atom. The summed E-state index contributed by atoms with van der Waals surface area (Å²) in [4.78, 5) is 16.5. The lowest BCUT2D eigenvalue weighted by Gasteiger charge is -2.13. The molecule has 0 bridgehead atoms. The molecule has 0 saturated heterocycles. The monoisotopic (exact) mass is 403 g/mol. The van der Waals surface area contributed by atoms with Crippen LogP contribution in [0.5, 0.6) is 11.5 Å². The second kappa shape index (κ2) is 8.60. The van der Waals surface area contributed by atoms with Crippen molar-refractivity contribution in [1.82, 2.24) is 24.8 Å². The Morgan fingerprint density at radius 1 is 0.900 bits per heavy atom. The number of hydrogen-bond acceptors (Lipinski definition) is 6. The highest BCUT2D eigenvalue weighted by Gasteiger charge is 2.13. The summed E-state index contributed by atoms with van der Waals surface area (Å²) in [5.41, 5.74) is 3.04. The van der Waals surface area contributed by atoms with Crippen LogP contribution in [0.1, 0.15) is 16.8 Å². The maximum atomic E-state index is 12.3. The normalized spacial score (nSPS) is 10.7. The average Bonchev–Trinajstić information content (AvgIpc) is 3.10. The summed E-state index contributed by atoms with van der Waals surface area (Å²) >= 11 is 0. The van der Waals surface area contributed by atoms with Gasteiger partial charge in [0.2, 0.25) is 0 Å². The van der Waals surface area contributed by atoms with Gasteiger partial charge < -0.3 is 9.47 Å². The third kappa shape index (κ3) is 4.22. The van der Waals surface area contributed by atoms with Crippen molar-refractivity contribution in [3.63, 3.8) is 0 Å². The molecule has 2 aromatic heterocycles. The summed E-state index contributed by atoms with van der Waals surface area (Å²) in [7, 11) is 1.56. The second-order valence-electron chi connectivity index (χ2n) is 6.74. The maximum absolute atomic E-state index is 12.3. The topological polar surface area (TPSA) is 84.1 Å². The standard InChI is InChI=1S/C22H21N5O3/c1-16-7-5-11-21(27-22(28)26(2)24-25-27)20(16)15-30-19-10-6-9-18(13-19)29-14-17-8-3-4-12-23-17/h3-13H,14-15H2,1-2H3. The van der Waals surface area contributed by atoms with Gasteiger partial charge in [-0.15, -0.1) is 0 Å². The van der Waals surface area contributed by atoms with Crippen molar-refractivity contribution in [2.24, 2.45) is 7.05 Å². The van der Waals surface area contributed by atoms with Crippen LogP contribution in [0, 0.1) is 6.92 Å². The van der Waals surface area contributed by atoms with Crippen LogP contribution in [-0.2, 0) is 20.3 Å². The molecule has 0 aliphatic rings. The molecule has 0 aliphatic heterocycles. The Bertz CT molecular complexity index is 1200. The smallest absolute Gasteiger partial charge is 0.368 e. The minimum atomic E-state index is -0.313. The lowest BCUT2D eigenvalue weighted by molar-refractivity contribution is 0.287. The molecule has 0 radical (unpaired) electrons. The molecular weight excluding hydrogens is 382 g/mol. The average molecular weight is 403 g/mol. The zero-order valence-electron chi connectivity index (χ0n) is 16.7. The summed E-state index contributed by atoms with van der Waals surface area (Å²) in [6.07, 6.45) is 1.74. The molecule has 0 amide bonds. The number of hydrogen-bond donors (Lipinski definition) is 0. The van der Waals surface area contributed by atoms with Gasteiger partial charge in [-0.1, -0.05) is 24.3 Å². The van der Waals surface area contributed by atoms with Crippen LogP contribution in [0.25, 0.3) is 5.69 Å². The van der Waals surface area contributed by atoms with Gasteiger partial charge in [-0.2, -0.15) is 9.36 Å². The number of ether oxygens (including phenoxy) is 2. The molecule has 0 N–H and O–H groups in total. The fraction of sp³-hybridized carbons (Fsp3) is 0.182. The van der Waals surface area contributed by atoms with Crippen LogP contribution in [0.15, 0.2) is 71.7 Å². The molecule has 152 valence electrons. The fourth-order valence-corrected chi connectivity index (χ4v) is 2.99. The van der Waals surface area contributed by atoms with E-state index in [9.17, 15) is 4.79 Å². The number of rotatable bonds is 7. The number of aromatic nitrogens is 5. The van der Waals surface area contributed by atoms with E-state index in [4.69, 9.17) is 9.47 Å². The molecule has 0 aliphatic carbocycles. The van der Waals surface area contributed by atoms with Crippen molar-refractivity contribution >= 4 is 0 Å². The van der Waals surface area contributed by atoms with Gasteiger partial charge in [0.15, 0.2) is 0 Å². The summed E-state index contributed by atoms with van der Waals surface area (Å²) in [5, 5.41) is 7.74. The van der Waals surface area contributed by atoms with Crippen LogP contribution in [0.3, 0.4) is 0 Å². The highest BCUT2D eigenvalue weighted by Crippen LogP contribution is 2.23. The number of tetrazole rings is 1. The predicted octanol–water partition coefficient (Wildman–Crippen LogP) is 2.83. The molecule has 2 heterocycles. The molecule has 2 aromatic carbocycles. The molecule has 0 atom stereocenters. The molecule has 0 saturated carbocycles. The van der Waals surface area contributed by atoms with Gasteiger partial charge >= 0.3 is 5.69 Å². The fourth-order valence-electron chi connectivity index (χ4n) is 2.99. The maximum Gasteiger partial charge on any atom is 0.368 e. The number of aryl methyl sites for hydroxylation is 2. The van der Waals surface area contributed by atoms with E-state index in [0.29, 0.717) is 23.8 Å². The molecule has 0 spiro atoms. The van der Waals surface area contributed by atoms with E-state index >= 15 is 0 Å².